The molecule has 7 heteroatoms. The number of amides is 1. The Hall–Kier alpha value is -3.09. The SMILES string of the molecule is CCN(c1ccc(NC(=O)c2ccc(N3CCCC3)c([N+](=O)[O-])c2)cc1)C(C)C. The molecule has 2 aromatic rings. The normalized spacial score (nSPS) is 13.6. The molecule has 29 heavy (non-hydrogen) atoms. The molecule has 1 aliphatic heterocycles. The summed E-state index contributed by atoms with van der Waals surface area (Å²) in [5.41, 5.74) is 2.59. The van der Waals surface area contributed by atoms with Crippen molar-refractivity contribution < 1.29 is 9.72 Å². The standard InChI is InChI=1S/C22H28N4O3/c1-4-25(16(2)3)19-10-8-18(9-11-19)23-22(27)17-7-12-20(21(15-17)26(28)29)24-13-5-6-14-24/h7-12,15-16H,4-6,13-14H2,1-3H3,(H,23,27). The minimum Gasteiger partial charge on any atom is -0.369 e. The van der Waals surface area contributed by atoms with Gasteiger partial charge in [0.25, 0.3) is 11.6 Å². The summed E-state index contributed by atoms with van der Waals surface area (Å²) >= 11 is 0. The molecule has 7 nitrogen and oxygen atoms in total. The summed E-state index contributed by atoms with van der Waals surface area (Å²) < 4.78 is 0. The third-order valence-corrected chi connectivity index (χ3v) is 5.30. The van der Waals surface area contributed by atoms with E-state index in [1.165, 1.54) is 6.07 Å². The molecule has 0 spiro atoms. The Morgan fingerprint density at radius 2 is 1.83 bits per heavy atom. The van der Waals surface area contributed by atoms with Crippen LogP contribution in [0.3, 0.4) is 0 Å². The van der Waals surface area contributed by atoms with Crippen molar-refractivity contribution in [3.05, 3.63) is 58.1 Å². The van der Waals surface area contributed by atoms with Gasteiger partial charge in [0.2, 0.25) is 0 Å². The minimum absolute atomic E-state index is 0.0228. The van der Waals surface area contributed by atoms with Crippen LogP contribution in [-0.4, -0.2) is 36.5 Å². The summed E-state index contributed by atoms with van der Waals surface area (Å²) in [6.45, 7) is 8.90. The summed E-state index contributed by atoms with van der Waals surface area (Å²) in [7, 11) is 0. The molecular weight excluding hydrogens is 368 g/mol. The predicted octanol–water partition coefficient (Wildman–Crippen LogP) is 4.68. The van der Waals surface area contributed by atoms with Crippen molar-refractivity contribution in [2.24, 2.45) is 0 Å². The topological polar surface area (TPSA) is 78.7 Å². The maximum atomic E-state index is 12.6. The van der Waals surface area contributed by atoms with Crippen LogP contribution in [0.15, 0.2) is 42.5 Å². The molecule has 1 saturated heterocycles. The lowest BCUT2D eigenvalue weighted by Gasteiger charge is -2.27. The number of nitro benzene ring substituents is 1. The highest BCUT2D eigenvalue weighted by Gasteiger charge is 2.24. The number of nitro groups is 1. The molecule has 0 radical (unpaired) electrons. The van der Waals surface area contributed by atoms with E-state index in [9.17, 15) is 14.9 Å². The fraction of sp³-hybridized carbons (Fsp3) is 0.409. The van der Waals surface area contributed by atoms with Gasteiger partial charge in [0, 0.05) is 48.7 Å². The number of hydrogen-bond acceptors (Lipinski definition) is 5. The van der Waals surface area contributed by atoms with Crippen molar-refractivity contribution in [1.29, 1.82) is 0 Å². The van der Waals surface area contributed by atoms with Crippen LogP contribution in [-0.2, 0) is 0 Å². The molecule has 154 valence electrons. The van der Waals surface area contributed by atoms with E-state index < -0.39 is 4.92 Å². The zero-order chi connectivity index (χ0) is 21.0. The highest BCUT2D eigenvalue weighted by molar-refractivity contribution is 6.05. The fourth-order valence-corrected chi connectivity index (χ4v) is 3.82. The molecular formula is C22H28N4O3. The van der Waals surface area contributed by atoms with Gasteiger partial charge in [0.05, 0.1) is 4.92 Å². The Kier molecular flexibility index (Phi) is 6.36. The van der Waals surface area contributed by atoms with Gasteiger partial charge in [-0.1, -0.05) is 0 Å². The molecule has 0 atom stereocenters. The average Bonchev–Trinajstić information content (AvgIpc) is 3.23. The molecule has 1 fully saturated rings. The highest BCUT2D eigenvalue weighted by atomic mass is 16.6. The van der Waals surface area contributed by atoms with E-state index in [0.717, 1.165) is 38.2 Å². The predicted molar refractivity (Wildman–Crippen MR) is 117 cm³/mol. The number of hydrogen-bond donors (Lipinski definition) is 1. The van der Waals surface area contributed by atoms with Crippen LogP contribution in [0.2, 0.25) is 0 Å². The molecule has 2 aromatic carbocycles. The van der Waals surface area contributed by atoms with Crippen LogP contribution in [0.1, 0.15) is 44.0 Å². The van der Waals surface area contributed by atoms with Gasteiger partial charge in [-0.3, -0.25) is 14.9 Å². The summed E-state index contributed by atoms with van der Waals surface area (Å²) in [5, 5.41) is 14.4. The lowest BCUT2D eigenvalue weighted by molar-refractivity contribution is -0.384. The molecule has 0 unspecified atom stereocenters. The van der Waals surface area contributed by atoms with Gasteiger partial charge in [-0.25, -0.2) is 0 Å². The monoisotopic (exact) mass is 396 g/mol. The Labute approximate surface area is 171 Å². The maximum Gasteiger partial charge on any atom is 0.293 e. The lowest BCUT2D eigenvalue weighted by atomic mass is 10.1. The van der Waals surface area contributed by atoms with E-state index in [1.54, 1.807) is 12.1 Å². The number of rotatable bonds is 7. The molecule has 0 aromatic heterocycles. The number of carbonyl (C=O) groups is 1. The van der Waals surface area contributed by atoms with Gasteiger partial charge in [0.1, 0.15) is 5.69 Å². The van der Waals surface area contributed by atoms with Crippen LogP contribution >= 0.6 is 0 Å². The van der Waals surface area contributed by atoms with Gasteiger partial charge in [-0.05, 0) is 70.0 Å². The van der Waals surface area contributed by atoms with Crippen molar-refractivity contribution in [2.45, 2.75) is 39.7 Å². The zero-order valence-corrected chi connectivity index (χ0v) is 17.2. The first kappa shape index (κ1) is 20.6. The number of benzene rings is 2. The molecule has 3 rings (SSSR count). The Balaban J connectivity index is 1.76. The van der Waals surface area contributed by atoms with E-state index in [2.05, 4.69) is 31.0 Å². The molecule has 0 bridgehead atoms. The highest BCUT2D eigenvalue weighted by Crippen LogP contribution is 2.32. The van der Waals surface area contributed by atoms with Crippen molar-refractivity contribution in [3.8, 4) is 0 Å². The van der Waals surface area contributed by atoms with Crippen molar-refractivity contribution in [3.63, 3.8) is 0 Å². The quantitative estimate of drug-likeness (QED) is 0.543. The van der Waals surface area contributed by atoms with Crippen LogP contribution < -0.4 is 15.1 Å². The van der Waals surface area contributed by atoms with E-state index in [-0.39, 0.29) is 17.2 Å². The van der Waals surface area contributed by atoms with E-state index in [1.807, 2.05) is 29.2 Å². The van der Waals surface area contributed by atoms with Gasteiger partial charge in [0.15, 0.2) is 0 Å². The first-order valence-corrected chi connectivity index (χ1v) is 10.1. The number of nitrogens with one attached hydrogen (secondary N) is 1. The second kappa shape index (κ2) is 8.94. The lowest BCUT2D eigenvalue weighted by Crippen LogP contribution is -2.30. The average molecular weight is 396 g/mol. The molecule has 0 aliphatic carbocycles. The van der Waals surface area contributed by atoms with Crippen molar-refractivity contribution in [1.82, 2.24) is 0 Å². The Bertz CT molecular complexity index is 874. The van der Waals surface area contributed by atoms with Crippen LogP contribution in [0, 0.1) is 10.1 Å². The molecule has 1 N–H and O–H groups in total. The summed E-state index contributed by atoms with van der Waals surface area (Å²) in [6, 6.07) is 12.7. The molecule has 1 aliphatic rings. The van der Waals surface area contributed by atoms with E-state index in [4.69, 9.17) is 0 Å². The van der Waals surface area contributed by atoms with E-state index in [0.29, 0.717) is 17.4 Å². The van der Waals surface area contributed by atoms with Crippen molar-refractivity contribution in [2.75, 3.05) is 34.8 Å². The molecule has 1 heterocycles. The minimum atomic E-state index is -0.412. The van der Waals surface area contributed by atoms with E-state index >= 15 is 0 Å². The van der Waals surface area contributed by atoms with Crippen LogP contribution in [0.25, 0.3) is 0 Å². The number of carbonyl (C=O) groups excluding carboxylic acids is 1. The van der Waals surface area contributed by atoms with Crippen molar-refractivity contribution >= 4 is 28.7 Å². The van der Waals surface area contributed by atoms with Gasteiger partial charge >= 0.3 is 0 Å². The first-order valence-electron chi connectivity index (χ1n) is 10.1. The zero-order valence-electron chi connectivity index (χ0n) is 17.2. The smallest absolute Gasteiger partial charge is 0.293 e. The Morgan fingerprint density at radius 3 is 2.38 bits per heavy atom. The number of anilines is 3. The molecule has 1 amide bonds. The van der Waals surface area contributed by atoms with Gasteiger partial charge < -0.3 is 15.1 Å². The summed E-state index contributed by atoms with van der Waals surface area (Å²) in [6.07, 6.45) is 2.06. The molecule has 0 saturated carbocycles. The Morgan fingerprint density at radius 1 is 1.17 bits per heavy atom. The summed E-state index contributed by atoms with van der Waals surface area (Å²) in [5.74, 6) is -0.356. The largest absolute Gasteiger partial charge is 0.369 e. The van der Waals surface area contributed by atoms with Gasteiger partial charge in [-0.15, -0.1) is 0 Å². The third kappa shape index (κ3) is 4.67. The number of nitrogens with zero attached hydrogens (tertiary/aromatic N) is 3. The first-order chi connectivity index (χ1) is 13.9. The maximum absolute atomic E-state index is 12.6. The summed E-state index contributed by atoms with van der Waals surface area (Å²) in [4.78, 5) is 28.0. The van der Waals surface area contributed by atoms with Gasteiger partial charge in [-0.2, -0.15) is 0 Å². The second-order valence-electron chi connectivity index (χ2n) is 7.54. The van der Waals surface area contributed by atoms with Crippen LogP contribution in [0.4, 0.5) is 22.7 Å². The van der Waals surface area contributed by atoms with Crippen LogP contribution in [0.5, 0.6) is 0 Å². The second-order valence-corrected chi connectivity index (χ2v) is 7.54. The third-order valence-electron chi connectivity index (χ3n) is 5.30. The fourth-order valence-electron chi connectivity index (χ4n) is 3.82.